The highest BCUT2D eigenvalue weighted by atomic mass is 32.2. The van der Waals surface area contributed by atoms with Gasteiger partial charge in [-0.05, 0) is 24.6 Å². The van der Waals surface area contributed by atoms with Crippen LogP contribution in [0.2, 0.25) is 0 Å². The number of rotatable bonds is 5. The molecule has 0 saturated heterocycles. The van der Waals surface area contributed by atoms with Crippen LogP contribution < -0.4 is 5.32 Å². The molecule has 0 aliphatic heterocycles. The zero-order valence-corrected chi connectivity index (χ0v) is 12.3. The molecule has 0 radical (unpaired) electrons. The molecule has 106 valence electrons. The summed E-state index contributed by atoms with van der Waals surface area (Å²) in [7, 11) is 0. The molecular weight excluding hydrogens is 301 g/mol. The minimum atomic E-state index is -0.543. The molecule has 1 N–H and O–H groups in total. The third kappa shape index (κ3) is 4.46. The maximum absolute atomic E-state index is 12.8. The fourth-order valence-electron chi connectivity index (χ4n) is 1.30. The third-order valence-electron chi connectivity index (χ3n) is 2.17. The van der Waals surface area contributed by atoms with Gasteiger partial charge in [0, 0.05) is 17.3 Å². The van der Waals surface area contributed by atoms with E-state index in [2.05, 4.69) is 14.7 Å². The van der Waals surface area contributed by atoms with Gasteiger partial charge in [0.05, 0.1) is 6.61 Å². The van der Waals surface area contributed by atoms with Crippen molar-refractivity contribution in [2.24, 2.45) is 0 Å². The van der Waals surface area contributed by atoms with E-state index in [-0.39, 0.29) is 5.82 Å². The summed E-state index contributed by atoms with van der Waals surface area (Å²) < 4.78 is 21.6. The molecule has 2 aromatic rings. The molecule has 2 rings (SSSR count). The van der Waals surface area contributed by atoms with E-state index in [0.717, 1.165) is 17.1 Å². The van der Waals surface area contributed by atoms with Crippen LogP contribution in [0.3, 0.4) is 0 Å². The van der Waals surface area contributed by atoms with Crippen molar-refractivity contribution in [1.29, 1.82) is 0 Å². The number of anilines is 1. The van der Waals surface area contributed by atoms with Crippen LogP contribution in [0, 0.1) is 5.82 Å². The van der Waals surface area contributed by atoms with Crippen molar-refractivity contribution in [3.63, 3.8) is 0 Å². The van der Waals surface area contributed by atoms with Crippen LogP contribution in [-0.4, -0.2) is 22.1 Å². The predicted molar refractivity (Wildman–Crippen MR) is 76.5 cm³/mol. The van der Waals surface area contributed by atoms with E-state index in [1.165, 1.54) is 23.9 Å². The summed E-state index contributed by atoms with van der Waals surface area (Å²) in [6.07, 6.45) is -0.543. The quantitative estimate of drug-likeness (QED) is 0.855. The standard InChI is InChI=1S/C12H12FN3O2S2/c1-2-18-12(17)15-10-14-11(16-20-10)19-7-8-3-5-9(13)6-4-8/h3-6H,2,7H2,1H3,(H,14,15,16,17). The molecule has 20 heavy (non-hydrogen) atoms. The van der Waals surface area contributed by atoms with Gasteiger partial charge in [-0.2, -0.15) is 9.36 Å². The number of hydrogen-bond acceptors (Lipinski definition) is 6. The first-order valence-corrected chi connectivity index (χ1v) is 7.58. The maximum atomic E-state index is 12.8. The number of amides is 1. The topological polar surface area (TPSA) is 64.1 Å². The molecule has 1 aromatic heterocycles. The van der Waals surface area contributed by atoms with Crippen LogP contribution in [0.5, 0.6) is 0 Å². The second-order valence-corrected chi connectivity index (χ2v) is 5.34. The minimum absolute atomic E-state index is 0.258. The number of benzene rings is 1. The minimum Gasteiger partial charge on any atom is -0.450 e. The van der Waals surface area contributed by atoms with Crippen molar-refractivity contribution in [2.75, 3.05) is 11.9 Å². The molecule has 0 aliphatic carbocycles. The van der Waals surface area contributed by atoms with Gasteiger partial charge in [-0.1, -0.05) is 23.9 Å². The van der Waals surface area contributed by atoms with Crippen molar-refractivity contribution in [3.05, 3.63) is 35.6 Å². The SMILES string of the molecule is CCOC(=O)Nc1nc(SCc2ccc(F)cc2)ns1. The molecule has 0 saturated carbocycles. The lowest BCUT2D eigenvalue weighted by Gasteiger charge is -2.00. The van der Waals surface area contributed by atoms with E-state index in [1.54, 1.807) is 19.1 Å². The van der Waals surface area contributed by atoms with Gasteiger partial charge in [0.2, 0.25) is 10.3 Å². The van der Waals surface area contributed by atoms with Gasteiger partial charge >= 0.3 is 6.09 Å². The van der Waals surface area contributed by atoms with Crippen LogP contribution in [0.25, 0.3) is 0 Å². The Hall–Kier alpha value is -1.67. The molecular formula is C12H12FN3O2S2. The van der Waals surface area contributed by atoms with Crippen LogP contribution in [0.4, 0.5) is 14.3 Å². The molecule has 0 spiro atoms. The van der Waals surface area contributed by atoms with E-state index >= 15 is 0 Å². The Labute approximate surface area is 123 Å². The lowest BCUT2D eigenvalue weighted by Crippen LogP contribution is -2.12. The number of hydrogen-bond donors (Lipinski definition) is 1. The van der Waals surface area contributed by atoms with Crippen molar-refractivity contribution >= 4 is 34.5 Å². The summed E-state index contributed by atoms with van der Waals surface area (Å²) in [6, 6.07) is 6.26. The fraction of sp³-hybridized carbons (Fsp3) is 0.250. The largest absolute Gasteiger partial charge is 0.450 e. The van der Waals surface area contributed by atoms with Gasteiger partial charge < -0.3 is 4.74 Å². The summed E-state index contributed by atoms with van der Waals surface area (Å²) in [5.74, 6) is 0.377. The van der Waals surface area contributed by atoms with Crippen LogP contribution in [0.1, 0.15) is 12.5 Å². The van der Waals surface area contributed by atoms with Gasteiger partial charge in [-0.15, -0.1) is 0 Å². The smallest absolute Gasteiger partial charge is 0.413 e. The first-order valence-electron chi connectivity index (χ1n) is 5.82. The van der Waals surface area contributed by atoms with Gasteiger partial charge in [-0.25, -0.2) is 9.18 Å². The highest BCUT2D eigenvalue weighted by Crippen LogP contribution is 2.23. The summed E-state index contributed by atoms with van der Waals surface area (Å²) in [4.78, 5) is 15.3. The monoisotopic (exact) mass is 313 g/mol. The number of thioether (sulfide) groups is 1. The summed E-state index contributed by atoms with van der Waals surface area (Å²) >= 11 is 2.50. The zero-order valence-electron chi connectivity index (χ0n) is 10.6. The van der Waals surface area contributed by atoms with Gasteiger partial charge in [0.15, 0.2) is 0 Å². The van der Waals surface area contributed by atoms with E-state index < -0.39 is 6.09 Å². The van der Waals surface area contributed by atoms with Crippen molar-refractivity contribution < 1.29 is 13.9 Å². The second-order valence-electron chi connectivity index (χ2n) is 3.64. The molecule has 1 aromatic carbocycles. The number of halogens is 1. The van der Waals surface area contributed by atoms with E-state index in [4.69, 9.17) is 4.74 Å². The van der Waals surface area contributed by atoms with E-state index in [1.807, 2.05) is 0 Å². The summed E-state index contributed by atoms with van der Waals surface area (Å²) in [5.41, 5.74) is 0.978. The second kappa shape index (κ2) is 7.20. The Bertz CT molecular complexity index is 574. The number of nitrogens with one attached hydrogen (secondary N) is 1. The fourth-order valence-corrected chi connectivity index (χ4v) is 2.79. The average Bonchev–Trinajstić information content (AvgIpc) is 2.86. The lowest BCUT2D eigenvalue weighted by molar-refractivity contribution is 0.168. The van der Waals surface area contributed by atoms with Gasteiger partial charge in [0.1, 0.15) is 5.82 Å². The first-order chi connectivity index (χ1) is 9.67. The van der Waals surface area contributed by atoms with E-state index in [0.29, 0.717) is 22.6 Å². The molecule has 0 aliphatic rings. The zero-order chi connectivity index (χ0) is 14.4. The Morgan fingerprint density at radius 1 is 1.45 bits per heavy atom. The van der Waals surface area contributed by atoms with Crippen molar-refractivity contribution in [1.82, 2.24) is 9.36 Å². The molecule has 1 amide bonds. The van der Waals surface area contributed by atoms with Crippen LogP contribution in [-0.2, 0) is 10.5 Å². The third-order valence-corrected chi connectivity index (χ3v) is 3.84. The highest BCUT2D eigenvalue weighted by molar-refractivity contribution is 7.98. The van der Waals surface area contributed by atoms with Crippen molar-refractivity contribution in [2.45, 2.75) is 17.8 Å². The van der Waals surface area contributed by atoms with E-state index in [9.17, 15) is 9.18 Å². The molecule has 0 unspecified atom stereocenters. The highest BCUT2D eigenvalue weighted by Gasteiger charge is 2.08. The first kappa shape index (κ1) is 14.7. The lowest BCUT2D eigenvalue weighted by atomic mass is 10.2. The maximum Gasteiger partial charge on any atom is 0.413 e. The van der Waals surface area contributed by atoms with Crippen LogP contribution in [0.15, 0.2) is 29.4 Å². The number of carbonyl (C=O) groups excluding carboxylic acids is 1. The summed E-state index contributed by atoms with van der Waals surface area (Å²) in [6.45, 7) is 2.03. The molecule has 1 heterocycles. The van der Waals surface area contributed by atoms with Crippen LogP contribution >= 0.6 is 23.3 Å². The summed E-state index contributed by atoms with van der Waals surface area (Å²) in [5, 5.41) is 3.44. The molecule has 8 heteroatoms. The normalized spacial score (nSPS) is 10.3. The molecule has 0 bridgehead atoms. The van der Waals surface area contributed by atoms with Gasteiger partial charge in [-0.3, -0.25) is 5.32 Å². The van der Waals surface area contributed by atoms with Gasteiger partial charge in [0.25, 0.3) is 0 Å². The predicted octanol–water partition coefficient (Wildman–Crippen LogP) is 3.54. The Kier molecular flexibility index (Phi) is 5.31. The number of carbonyl (C=O) groups is 1. The Morgan fingerprint density at radius 3 is 2.90 bits per heavy atom. The molecule has 0 fully saturated rings. The molecule has 5 nitrogen and oxygen atoms in total. The number of aromatic nitrogens is 2. The average molecular weight is 313 g/mol. The Morgan fingerprint density at radius 2 is 2.20 bits per heavy atom. The molecule has 0 atom stereocenters. The Balaban J connectivity index is 1.86. The van der Waals surface area contributed by atoms with Crippen molar-refractivity contribution in [3.8, 4) is 0 Å². The number of nitrogens with zero attached hydrogens (tertiary/aromatic N) is 2. The number of ether oxygens (including phenoxy) is 1.